The van der Waals surface area contributed by atoms with Crippen LogP contribution >= 0.6 is 15.9 Å². The van der Waals surface area contributed by atoms with Gasteiger partial charge in [0, 0.05) is 32.7 Å². The summed E-state index contributed by atoms with van der Waals surface area (Å²) in [5.41, 5.74) is 1.27. The molecular weight excluding hydrogens is 359 g/mol. The number of rotatable bonds is 3. The van der Waals surface area contributed by atoms with E-state index in [9.17, 15) is 14.4 Å². The van der Waals surface area contributed by atoms with E-state index in [1.54, 1.807) is 18.3 Å². The van der Waals surface area contributed by atoms with Crippen molar-refractivity contribution in [2.24, 2.45) is 0 Å². The van der Waals surface area contributed by atoms with Gasteiger partial charge >= 0.3 is 0 Å². The minimum atomic E-state index is -0.493. The van der Waals surface area contributed by atoms with Gasteiger partial charge in [-0.3, -0.25) is 4.79 Å². The summed E-state index contributed by atoms with van der Waals surface area (Å²) in [5, 5.41) is 10.0. The van der Waals surface area contributed by atoms with E-state index in [1.165, 1.54) is 18.2 Å². The molecule has 0 unspecified atom stereocenters. The average molecular weight is 369 g/mol. The first-order valence-electron chi connectivity index (χ1n) is 6.78. The number of hydrogen-bond donors (Lipinski definition) is 1. The molecule has 23 heavy (non-hydrogen) atoms. The lowest BCUT2D eigenvalue weighted by atomic mass is 10.0. The van der Waals surface area contributed by atoms with Crippen LogP contribution in [0.3, 0.4) is 0 Å². The van der Waals surface area contributed by atoms with Crippen molar-refractivity contribution in [2.75, 3.05) is 0 Å². The molecule has 0 saturated heterocycles. The Bertz CT molecular complexity index is 982. The fourth-order valence-electron chi connectivity index (χ4n) is 2.33. The van der Waals surface area contributed by atoms with Crippen molar-refractivity contribution >= 4 is 38.7 Å². The molecule has 3 aromatic rings. The standard InChI is InChI=1S/C18H10BrFN2O/c19-13-5-6-16(20)11(8-13)7-12(9-21)18(23)15-10-22-17-4-2-1-3-14(15)17/h1-8,10,22H/b12-7+. The molecule has 0 spiro atoms. The van der Waals surface area contributed by atoms with Crippen molar-refractivity contribution in [3.05, 3.63) is 75.7 Å². The molecule has 0 aliphatic rings. The van der Waals surface area contributed by atoms with E-state index < -0.39 is 11.6 Å². The van der Waals surface area contributed by atoms with Crippen LogP contribution in [0.25, 0.3) is 17.0 Å². The maximum Gasteiger partial charge on any atom is 0.205 e. The zero-order valence-electron chi connectivity index (χ0n) is 11.8. The lowest BCUT2D eigenvalue weighted by molar-refractivity contribution is 0.104. The Kier molecular flexibility index (Phi) is 4.09. The third kappa shape index (κ3) is 2.94. The second-order valence-electron chi connectivity index (χ2n) is 4.91. The van der Waals surface area contributed by atoms with Crippen LogP contribution in [-0.4, -0.2) is 10.8 Å². The topological polar surface area (TPSA) is 56.6 Å². The Balaban J connectivity index is 2.07. The first-order chi connectivity index (χ1) is 11.1. The minimum Gasteiger partial charge on any atom is -0.360 e. The zero-order chi connectivity index (χ0) is 16.4. The average Bonchev–Trinajstić information content (AvgIpc) is 2.99. The number of allylic oxidation sites excluding steroid dienone is 1. The number of para-hydroxylation sites is 1. The third-order valence-electron chi connectivity index (χ3n) is 3.46. The Morgan fingerprint density at radius 2 is 2.04 bits per heavy atom. The number of carbonyl (C=O) groups excluding carboxylic acids is 1. The van der Waals surface area contributed by atoms with E-state index >= 15 is 0 Å². The van der Waals surface area contributed by atoms with Gasteiger partial charge in [0.25, 0.3) is 0 Å². The van der Waals surface area contributed by atoms with Crippen LogP contribution in [0.1, 0.15) is 15.9 Å². The number of benzene rings is 2. The summed E-state index contributed by atoms with van der Waals surface area (Å²) in [5.74, 6) is -0.933. The number of H-pyrrole nitrogens is 1. The number of hydrogen-bond acceptors (Lipinski definition) is 2. The molecule has 3 nitrogen and oxygen atoms in total. The van der Waals surface area contributed by atoms with Crippen molar-refractivity contribution in [1.29, 1.82) is 5.26 Å². The summed E-state index contributed by atoms with van der Waals surface area (Å²) >= 11 is 3.25. The van der Waals surface area contributed by atoms with E-state index in [1.807, 2.05) is 24.3 Å². The van der Waals surface area contributed by atoms with Crippen LogP contribution < -0.4 is 0 Å². The van der Waals surface area contributed by atoms with Crippen molar-refractivity contribution in [2.45, 2.75) is 0 Å². The molecule has 0 aliphatic heterocycles. The molecule has 0 atom stereocenters. The molecule has 2 aromatic carbocycles. The predicted molar refractivity (Wildman–Crippen MR) is 90.3 cm³/mol. The number of Topliss-reactive ketones (excluding diaryl/α,β-unsaturated/α-hetero) is 1. The predicted octanol–water partition coefficient (Wildman–Crippen LogP) is 4.86. The smallest absolute Gasteiger partial charge is 0.205 e. The third-order valence-corrected chi connectivity index (χ3v) is 3.95. The number of ketones is 1. The molecular formula is C18H10BrFN2O. The van der Waals surface area contributed by atoms with Gasteiger partial charge in [0.1, 0.15) is 17.5 Å². The summed E-state index contributed by atoms with van der Waals surface area (Å²) in [4.78, 5) is 15.6. The van der Waals surface area contributed by atoms with Gasteiger partial charge in [-0.15, -0.1) is 0 Å². The van der Waals surface area contributed by atoms with Gasteiger partial charge in [0.15, 0.2) is 0 Å². The Morgan fingerprint density at radius 3 is 2.83 bits per heavy atom. The SMILES string of the molecule is N#C/C(=C\c1cc(Br)ccc1F)C(=O)c1c[nH]c2ccccc12. The first kappa shape index (κ1) is 15.2. The number of halogens is 2. The molecule has 1 heterocycles. The van der Waals surface area contributed by atoms with Crippen molar-refractivity contribution in [3.63, 3.8) is 0 Å². The van der Waals surface area contributed by atoms with Gasteiger partial charge < -0.3 is 4.98 Å². The Labute approximate surface area is 140 Å². The molecule has 0 bridgehead atoms. The molecule has 0 saturated carbocycles. The van der Waals surface area contributed by atoms with Gasteiger partial charge in [0.2, 0.25) is 5.78 Å². The summed E-state index contributed by atoms with van der Waals surface area (Å²) in [6, 6.07) is 13.5. The van der Waals surface area contributed by atoms with Gasteiger partial charge in [-0.05, 0) is 30.3 Å². The summed E-state index contributed by atoms with van der Waals surface area (Å²) in [6.45, 7) is 0. The highest BCUT2D eigenvalue weighted by atomic mass is 79.9. The van der Waals surface area contributed by atoms with Crippen LogP contribution in [0, 0.1) is 17.1 Å². The van der Waals surface area contributed by atoms with Crippen LogP contribution in [0.4, 0.5) is 4.39 Å². The van der Waals surface area contributed by atoms with Crippen LogP contribution in [-0.2, 0) is 0 Å². The zero-order valence-corrected chi connectivity index (χ0v) is 13.4. The lowest BCUT2D eigenvalue weighted by Gasteiger charge is -2.01. The highest BCUT2D eigenvalue weighted by Crippen LogP contribution is 2.23. The van der Waals surface area contributed by atoms with E-state index in [4.69, 9.17) is 0 Å². The molecule has 0 radical (unpaired) electrons. The molecule has 1 aromatic heterocycles. The summed E-state index contributed by atoms with van der Waals surface area (Å²) < 4.78 is 14.5. The first-order valence-corrected chi connectivity index (χ1v) is 7.57. The number of nitrogens with zero attached hydrogens (tertiary/aromatic N) is 1. The van der Waals surface area contributed by atoms with Gasteiger partial charge in [-0.2, -0.15) is 5.26 Å². The molecule has 112 valence electrons. The van der Waals surface area contributed by atoms with Crippen LogP contribution in [0.15, 0.2) is 58.7 Å². The highest BCUT2D eigenvalue weighted by molar-refractivity contribution is 9.10. The fraction of sp³-hybridized carbons (Fsp3) is 0. The Hall–Kier alpha value is -2.71. The maximum absolute atomic E-state index is 13.8. The van der Waals surface area contributed by atoms with Crippen molar-refractivity contribution < 1.29 is 9.18 Å². The van der Waals surface area contributed by atoms with E-state index in [0.717, 1.165) is 10.9 Å². The van der Waals surface area contributed by atoms with Crippen molar-refractivity contribution in [1.82, 2.24) is 4.98 Å². The minimum absolute atomic E-state index is 0.119. The molecule has 0 fully saturated rings. The maximum atomic E-state index is 13.8. The van der Waals surface area contributed by atoms with E-state index in [2.05, 4.69) is 20.9 Å². The monoisotopic (exact) mass is 368 g/mol. The lowest BCUT2D eigenvalue weighted by Crippen LogP contribution is -2.01. The molecule has 0 amide bonds. The largest absolute Gasteiger partial charge is 0.360 e. The quantitative estimate of drug-likeness (QED) is 0.407. The molecule has 3 rings (SSSR count). The number of fused-ring (bicyclic) bond motifs is 1. The van der Waals surface area contributed by atoms with Crippen LogP contribution in [0.5, 0.6) is 0 Å². The van der Waals surface area contributed by atoms with Gasteiger partial charge in [0.05, 0.1) is 0 Å². The molecule has 0 aliphatic carbocycles. The number of nitriles is 1. The number of aromatic amines is 1. The van der Waals surface area contributed by atoms with E-state index in [0.29, 0.717) is 10.0 Å². The second-order valence-corrected chi connectivity index (χ2v) is 5.83. The fourth-order valence-corrected chi connectivity index (χ4v) is 2.71. The number of aromatic nitrogens is 1. The van der Waals surface area contributed by atoms with Crippen LogP contribution in [0.2, 0.25) is 0 Å². The van der Waals surface area contributed by atoms with Crippen molar-refractivity contribution in [3.8, 4) is 6.07 Å². The van der Waals surface area contributed by atoms with Gasteiger partial charge in [-0.1, -0.05) is 34.1 Å². The number of nitrogens with one attached hydrogen (secondary N) is 1. The number of carbonyl (C=O) groups is 1. The molecule has 1 N–H and O–H groups in total. The second kappa shape index (κ2) is 6.19. The van der Waals surface area contributed by atoms with E-state index in [-0.39, 0.29) is 11.1 Å². The summed E-state index contributed by atoms with van der Waals surface area (Å²) in [7, 11) is 0. The molecule has 5 heteroatoms. The van der Waals surface area contributed by atoms with Gasteiger partial charge in [-0.25, -0.2) is 4.39 Å². The summed E-state index contributed by atoms with van der Waals surface area (Å²) in [6.07, 6.45) is 2.83. The Morgan fingerprint density at radius 1 is 1.26 bits per heavy atom. The highest BCUT2D eigenvalue weighted by Gasteiger charge is 2.17. The normalized spacial score (nSPS) is 11.4.